The number of aryl methyl sites for hydroxylation is 2. The minimum Gasteiger partial charge on any atom is -0.325 e. The van der Waals surface area contributed by atoms with Gasteiger partial charge in [-0.25, -0.2) is 0 Å². The molecular weight excluding hydrogens is 416 g/mol. The van der Waals surface area contributed by atoms with E-state index in [1.54, 1.807) is 18.2 Å². The third kappa shape index (κ3) is 4.70. The maximum Gasteiger partial charge on any atom is 0.261 e. The fraction of sp³-hybridized carbons (Fsp3) is 0.391. The fourth-order valence-electron chi connectivity index (χ4n) is 4.01. The van der Waals surface area contributed by atoms with Crippen LogP contribution in [0.4, 0.5) is 0 Å². The molecule has 2 amide bonds. The van der Waals surface area contributed by atoms with E-state index >= 15 is 0 Å². The van der Waals surface area contributed by atoms with E-state index in [-0.39, 0.29) is 11.8 Å². The zero-order chi connectivity index (χ0) is 20.5. The van der Waals surface area contributed by atoms with Crippen LogP contribution >= 0.6 is 15.9 Å². The van der Waals surface area contributed by atoms with Gasteiger partial charge in [0.25, 0.3) is 11.8 Å². The number of unbranched alkanes of at least 4 members (excludes halogenated alkanes) is 1. The van der Waals surface area contributed by atoms with Gasteiger partial charge in [0.15, 0.2) is 0 Å². The number of hydrogen-bond acceptors (Lipinski definition) is 2. The number of hydrogen-bond donors (Lipinski definition) is 0. The maximum atomic E-state index is 12.5. The number of nitrogens with zero attached hydrogens (tertiary/aromatic N) is 2. The van der Waals surface area contributed by atoms with Crippen molar-refractivity contribution in [3.05, 3.63) is 68.7 Å². The molecule has 0 radical (unpaired) electrons. The SMILES string of the molecule is Cc1cc(C)cc(C[N+](C)(C)CCCCN2C(=O)c3ccc(Br)cc3C2=O)c1. The number of carbonyl (C=O) groups excluding carboxylic acids is 2. The van der Waals surface area contributed by atoms with Gasteiger partial charge in [-0.2, -0.15) is 0 Å². The highest BCUT2D eigenvalue weighted by atomic mass is 79.9. The van der Waals surface area contributed by atoms with Crippen LogP contribution in [0.25, 0.3) is 0 Å². The fourth-order valence-corrected chi connectivity index (χ4v) is 4.37. The van der Waals surface area contributed by atoms with E-state index < -0.39 is 0 Å². The van der Waals surface area contributed by atoms with E-state index in [9.17, 15) is 9.59 Å². The molecule has 1 aliphatic heterocycles. The zero-order valence-electron chi connectivity index (χ0n) is 17.1. The molecule has 0 saturated heterocycles. The molecule has 0 unspecified atom stereocenters. The molecule has 0 spiro atoms. The molecule has 4 nitrogen and oxygen atoms in total. The monoisotopic (exact) mass is 443 g/mol. The predicted molar refractivity (Wildman–Crippen MR) is 115 cm³/mol. The van der Waals surface area contributed by atoms with Crippen LogP contribution in [-0.4, -0.2) is 48.4 Å². The summed E-state index contributed by atoms with van der Waals surface area (Å²) >= 11 is 3.37. The van der Waals surface area contributed by atoms with Crippen LogP contribution in [0.5, 0.6) is 0 Å². The lowest BCUT2D eigenvalue weighted by Crippen LogP contribution is -2.40. The molecule has 0 saturated carbocycles. The van der Waals surface area contributed by atoms with Gasteiger partial charge in [-0.15, -0.1) is 0 Å². The number of halogens is 1. The number of imide groups is 1. The van der Waals surface area contributed by atoms with Crippen molar-refractivity contribution in [3.63, 3.8) is 0 Å². The Morgan fingerprint density at radius 1 is 0.893 bits per heavy atom. The summed E-state index contributed by atoms with van der Waals surface area (Å²) in [6.45, 7) is 6.73. The normalized spacial score (nSPS) is 14.0. The van der Waals surface area contributed by atoms with Crippen LogP contribution in [0, 0.1) is 13.8 Å². The lowest BCUT2D eigenvalue weighted by Gasteiger charge is -2.30. The molecule has 2 aromatic rings. The van der Waals surface area contributed by atoms with E-state index in [0.717, 1.165) is 34.9 Å². The van der Waals surface area contributed by atoms with Crippen molar-refractivity contribution >= 4 is 27.7 Å². The topological polar surface area (TPSA) is 37.4 Å². The van der Waals surface area contributed by atoms with Gasteiger partial charge in [-0.3, -0.25) is 14.5 Å². The van der Waals surface area contributed by atoms with Crippen LogP contribution in [0.1, 0.15) is 50.2 Å². The number of carbonyl (C=O) groups is 2. The van der Waals surface area contributed by atoms with Crippen LogP contribution in [0.2, 0.25) is 0 Å². The Balaban J connectivity index is 1.53. The van der Waals surface area contributed by atoms with Gasteiger partial charge >= 0.3 is 0 Å². The van der Waals surface area contributed by atoms with Gasteiger partial charge in [0.05, 0.1) is 31.8 Å². The molecule has 1 heterocycles. The largest absolute Gasteiger partial charge is 0.325 e. The lowest BCUT2D eigenvalue weighted by atomic mass is 10.1. The number of fused-ring (bicyclic) bond motifs is 1. The first-order valence-corrected chi connectivity index (χ1v) is 10.5. The Labute approximate surface area is 175 Å². The Hall–Kier alpha value is -1.98. The molecular formula is C23H28BrN2O2+. The molecule has 1 aliphatic rings. The molecule has 0 aromatic heterocycles. The smallest absolute Gasteiger partial charge is 0.261 e. The second kappa shape index (κ2) is 8.18. The summed E-state index contributed by atoms with van der Waals surface area (Å²) in [5.41, 5.74) is 4.97. The lowest BCUT2D eigenvalue weighted by molar-refractivity contribution is -0.903. The molecule has 148 valence electrons. The predicted octanol–water partition coefficient (Wildman–Crippen LogP) is 4.72. The first-order valence-electron chi connectivity index (χ1n) is 9.71. The Kier molecular flexibility index (Phi) is 6.06. The van der Waals surface area contributed by atoms with Crippen LogP contribution in [-0.2, 0) is 6.54 Å². The van der Waals surface area contributed by atoms with E-state index in [4.69, 9.17) is 0 Å². The number of quaternary nitrogens is 1. The highest BCUT2D eigenvalue weighted by Gasteiger charge is 2.35. The summed E-state index contributed by atoms with van der Waals surface area (Å²) in [5.74, 6) is -0.346. The summed E-state index contributed by atoms with van der Waals surface area (Å²) in [7, 11) is 4.47. The highest BCUT2D eigenvalue weighted by Crippen LogP contribution is 2.26. The molecule has 2 aromatic carbocycles. The Bertz CT molecular complexity index is 901. The molecule has 0 fully saturated rings. The van der Waals surface area contributed by atoms with Crippen molar-refractivity contribution in [1.82, 2.24) is 4.90 Å². The highest BCUT2D eigenvalue weighted by molar-refractivity contribution is 9.10. The quantitative estimate of drug-likeness (QED) is 0.352. The third-order valence-corrected chi connectivity index (χ3v) is 5.71. The standard InChI is InChI=1S/C23H28BrN2O2/c1-16-11-17(2)13-18(12-16)15-26(3,4)10-6-5-9-25-22(27)20-8-7-19(24)14-21(20)23(25)28/h7-8,11-14H,5-6,9-10,15H2,1-4H3/q+1. The molecule has 0 aliphatic carbocycles. The van der Waals surface area contributed by atoms with Crippen molar-refractivity contribution in [2.45, 2.75) is 33.2 Å². The average molecular weight is 444 g/mol. The van der Waals surface area contributed by atoms with Gasteiger partial charge in [-0.1, -0.05) is 45.3 Å². The van der Waals surface area contributed by atoms with E-state index in [0.29, 0.717) is 17.7 Å². The van der Waals surface area contributed by atoms with Gasteiger partial charge in [0.2, 0.25) is 0 Å². The van der Waals surface area contributed by atoms with Gasteiger partial charge < -0.3 is 4.48 Å². The molecule has 0 atom stereocenters. The summed E-state index contributed by atoms with van der Waals surface area (Å²) in [4.78, 5) is 26.4. The maximum absolute atomic E-state index is 12.5. The number of amides is 2. The summed E-state index contributed by atoms with van der Waals surface area (Å²) in [5, 5.41) is 0. The first kappa shape index (κ1) is 20.7. The molecule has 0 N–H and O–H groups in total. The second-order valence-electron chi connectivity index (χ2n) is 8.47. The van der Waals surface area contributed by atoms with Crippen molar-refractivity contribution in [2.24, 2.45) is 0 Å². The van der Waals surface area contributed by atoms with E-state index in [2.05, 4.69) is 62.1 Å². The summed E-state index contributed by atoms with van der Waals surface area (Å²) < 4.78 is 1.71. The molecule has 5 heteroatoms. The minimum atomic E-state index is -0.176. The van der Waals surface area contributed by atoms with E-state index in [1.807, 2.05) is 0 Å². The second-order valence-corrected chi connectivity index (χ2v) is 9.39. The van der Waals surface area contributed by atoms with Crippen molar-refractivity contribution in [2.75, 3.05) is 27.2 Å². The molecule has 3 rings (SSSR count). The molecule has 28 heavy (non-hydrogen) atoms. The van der Waals surface area contributed by atoms with Gasteiger partial charge in [0.1, 0.15) is 6.54 Å². The summed E-state index contributed by atoms with van der Waals surface area (Å²) in [6.07, 6.45) is 1.79. The third-order valence-electron chi connectivity index (χ3n) is 5.22. The summed E-state index contributed by atoms with van der Waals surface area (Å²) in [6, 6.07) is 12.0. The van der Waals surface area contributed by atoms with Gasteiger partial charge in [0, 0.05) is 16.6 Å². The first-order chi connectivity index (χ1) is 13.2. The van der Waals surface area contributed by atoms with Crippen LogP contribution in [0.15, 0.2) is 40.9 Å². The number of rotatable bonds is 7. The average Bonchev–Trinajstić information content (AvgIpc) is 2.81. The Morgan fingerprint density at radius 2 is 1.54 bits per heavy atom. The van der Waals surface area contributed by atoms with Gasteiger partial charge in [-0.05, 0) is 44.9 Å². The van der Waals surface area contributed by atoms with Crippen molar-refractivity contribution in [3.8, 4) is 0 Å². The molecule has 0 bridgehead atoms. The Morgan fingerprint density at radius 3 is 2.21 bits per heavy atom. The zero-order valence-corrected chi connectivity index (χ0v) is 18.7. The minimum absolute atomic E-state index is 0.170. The van der Waals surface area contributed by atoms with Crippen LogP contribution < -0.4 is 0 Å². The van der Waals surface area contributed by atoms with Crippen LogP contribution in [0.3, 0.4) is 0 Å². The van der Waals surface area contributed by atoms with Crippen molar-refractivity contribution in [1.29, 1.82) is 0 Å². The van der Waals surface area contributed by atoms with Crippen molar-refractivity contribution < 1.29 is 14.1 Å². The van der Waals surface area contributed by atoms with E-state index in [1.165, 1.54) is 21.6 Å². The number of benzene rings is 2.